The molecule has 3 nitrogen and oxygen atoms in total. The minimum Gasteiger partial charge on any atom is -0.387 e. The Bertz CT molecular complexity index is 519. The van der Waals surface area contributed by atoms with Gasteiger partial charge in [0.05, 0.1) is 6.10 Å². The topological polar surface area (TPSA) is 45.1 Å². The molecule has 2 aromatic rings. The summed E-state index contributed by atoms with van der Waals surface area (Å²) < 4.78 is 0. The summed E-state index contributed by atoms with van der Waals surface area (Å²) >= 11 is 6.14. The number of halogens is 1. The number of aliphatic hydroxyl groups is 1. The van der Waals surface area contributed by atoms with Crippen LogP contribution in [0.3, 0.4) is 0 Å². The molecule has 0 radical (unpaired) electrons. The number of hydrogen-bond donors (Lipinski definition) is 2. The van der Waals surface area contributed by atoms with E-state index in [9.17, 15) is 5.11 Å². The van der Waals surface area contributed by atoms with Crippen molar-refractivity contribution < 1.29 is 5.11 Å². The van der Waals surface area contributed by atoms with Gasteiger partial charge in [-0.15, -0.1) is 0 Å². The van der Waals surface area contributed by atoms with Crippen LogP contribution in [0.5, 0.6) is 0 Å². The van der Waals surface area contributed by atoms with Crippen LogP contribution < -0.4 is 5.32 Å². The average Bonchev–Trinajstić information content (AvgIpc) is 2.46. The van der Waals surface area contributed by atoms with E-state index in [0.29, 0.717) is 6.54 Å². The van der Waals surface area contributed by atoms with E-state index in [1.165, 1.54) is 0 Å². The largest absolute Gasteiger partial charge is 0.387 e. The maximum atomic E-state index is 10.1. The number of nitrogens with one attached hydrogen (secondary N) is 1. The second-order valence-corrected chi connectivity index (χ2v) is 4.85. The molecule has 0 saturated carbocycles. The lowest BCUT2D eigenvalue weighted by Gasteiger charge is -2.18. The Labute approximate surface area is 118 Å². The number of benzene rings is 1. The summed E-state index contributed by atoms with van der Waals surface area (Å²) in [5.41, 5.74) is 1.89. The summed E-state index contributed by atoms with van der Waals surface area (Å²) in [7, 11) is 0. The molecule has 0 fully saturated rings. The van der Waals surface area contributed by atoms with E-state index in [1.54, 1.807) is 12.4 Å². The molecular weight excluding hydrogens is 260 g/mol. The van der Waals surface area contributed by atoms with Crippen molar-refractivity contribution in [2.24, 2.45) is 0 Å². The molecule has 2 rings (SSSR count). The number of hydrogen-bond acceptors (Lipinski definition) is 3. The lowest BCUT2D eigenvalue weighted by Crippen LogP contribution is -2.24. The molecule has 0 spiro atoms. The van der Waals surface area contributed by atoms with Gasteiger partial charge in [0.1, 0.15) is 0 Å². The molecule has 0 bridgehead atoms. The molecule has 1 heterocycles. The normalized spacial score (nSPS) is 14.1. The van der Waals surface area contributed by atoms with Crippen LogP contribution in [0.25, 0.3) is 0 Å². The van der Waals surface area contributed by atoms with E-state index >= 15 is 0 Å². The molecule has 19 heavy (non-hydrogen) atoms. The Hall–Kier alpha value is -1.42. The number of rotatable bonds is 5. The summed E-state index contributed by atoms with van der Waals surface area (Å²) in [5.74, 6) is 0. The van der Waals surface area contributed by atoms with E-state index in [4.69, 9.17) is 11.6 Å². The Kier molecular flexibility index (Phi) is 4.91. The van der Waals surface area contributed by atoms with Crippen LogP contribution in [0, 0.1) is 0 Å². The summed E-state index contributed by atoms with van der Waals surface area (Å²) in [6.07, 6.45) is 2.81. The van der Waals surface area contributed by atoms with Crippen molar-refractivity contribution >= 4 is 11.6 Å². The summed E-state index contributed by atoms with van der Waals surface area (Å²) in [4.78, 5) is 3.93. The van der Waals surface area contributed by atoms with Crippen molar-refractivity contribution in [3.05, 3.63) is 64.9 Å². The number of aliphatic hydroxyl groups excluding tert-OH is 1. The predicted octanol–water partition coefficient (Wildman–Crippen LogP) is 3.12. The van der Waals surface area contributed by atoms with Gasteiger partial charge in [0.2, 0.25) is 0 Å². The van der Waals surface area contributed by atoms with Gasteiger partial charge in [-0.2, -0.15) is 0 Å². The first kappa shape index (κ1) is 14.0. The van der Waals surface area contributed by atoms with Crippen LogP contribution in [0.2, 0.25) is 5.02 Å². The zero-order valence-electron chi connectivity index (χ0n) is 10.8. The summed E-state index contributed by atoms with van der Waals surface area (Å²) in [6.45, 7) is 2.50. The maximum absolute atomic E-state index is 10.1. The summed E-state index contributed by atoms with van der Waals surface area (Å²) in [5, 5.41) is 14.1. The first-order chi connectivity index (χ1) is 9.18. The third-order valence-corrected chi connectivity index (χ3v) is 3.42. The highest BCUT2D eigenvalue weighted by atomic mass is 35.5. The fourth-order valence-corrected chi connectivity index (χ4v) is 2.23. The van der Waals surface area contributed by atoms with Crippen LogP contribution in [-0.4, -0.2) is 16.6 Å². The Morgan fingerprint density at radius 2 is 1.89 bits per heavy atom. The summed E-state index contributed by atoms with van der Waals surface area (Å²) in [6, 6.07) is 11.4. The molecule has 0 aliphatic rings. The fraction of sp³-hybridized carbons (Fsp3) is 0.267. The molecule has 1 aromatic heterocycles. The van der Waals surface area contributed by atoms with E-state index in [-0.39, 0.29) is 6.04 Å². The molecule has 2 atom stereocenters. The van der Waals surface area contributed by atoms with E-state index in [0.717, 1.165) is 16.1 Å². The Balaban J connectivity index is 1.94. The smallest absolute Gasteiger partial charge is 0.0915 e. The highest BCUT2D eigenvalue weighted by Gasteiger charge is 2.12. The quantitative estimate of drug-likeness (QED) is 0.882. The molecule has 0 aliphatic heterocycles. The average molecular weight is 277 g/mol. The fourth-order valence-electron chi connectivity index (χ4n) is 1.93. The monoisotopic (exact) mass is 276 g/mol. The van der Waals surface area contributed by atoms with Crippen molar-refractivity contribution in [1.29, 1.82) is 0 Å². The first-order valence-corrected chi connectivity index (χ1v) is 6.62. The van der Waals surface area contributed by atoms with Gasteiger partial charge in [0, 0.05) is 30.0 Å². The van der Waals surface area contributed by atoms with E-state index in [2.05, 4.69) is 10.3 Å². The van der Waals surface area contributed by atoms with Crippen molar-refractivity contribution in [2.75, 3.05) is 6.54 Å². The van der Waals surface area contributed by atoms with Crippen LogP contribution in [-0.2, 0) is 0 Å². The number of pyridine rings is 1. The third-order valence-electron chi connectivity index (χ3n) is 3.08. The highest BCUT2D eigenvalue weighted by Crippen LogP contribution is 2.22. The van der Waals surface area contributed by atoms with Gasteiger partial charge >= 0.3 is 0 Å². The standard InChI is InChI=1S/C15H17ClN2O/c1-11(13-4-2-3-5-14(13)16)18-10-15(19)12-6-8-17-9-7-12/h2-9,11,15,18-19H,10H2,1H3. The molecule has 0 saturated heterocycles. The molecule has 2 unspecified atom stereocenters. The van der Waals surface area contributed by atoms with Gasteiger partial charge in [-0.05, 0) is 36.2 Å². The highest BCUT2D eigenvalue weighted by molar-refractivity contribution is 6.31. The van der Waals surface area contributed by atoms with Gasteiger partial charge in [-0.1, -0.05) is 29.8 Å². The zero-order chi connectivity index (χ0) is 13.7. The SMILES string of the molecule is CC(NCC(O)c1ccncc1)c1ccccc1Cl. The molecule has 1 aromatic carbocycles. The van der Waals surface area contributed by atoms with Gasteiger partial charge < -0.3 is 10.4 Å². The minimum atomic E-state index is -0.548. The zero-order valence-corrected chi connectivity index (χ0v) is 11.5. The Morgan fingerprint density at radius 1 is 1.21 bits per heavy atom. The lowest BCUT2D eigenvalue weighted by atomic mass is 10.1. The van der Waals surface area contributed by atoms with Gasteiger partial charge in [0.25, 0.3) is 0 Å². The lowest BCUT2D eigenvalue weighted by molar-refractivity contribution is 0.170. The van der Waals surface area contributed by atoms with Crippen molar-refractivity contribution in [1.82, 2.24) is 10.3 Å². The van der Waals surface area contributed by atoms with Crippen LogP contribution in [0.1, 0.15) is 30.2 Å². The van der Waals surface area contributed by atoms with Gasteiger partial charge in [-0.25, -0.2) is 0 Å². The third kappa shape index (κ3) is 3.77. The molecule has 4 heteroatoms. The number of aromatic nitrogens is 1. The molecule has 100 valence electrons. The van der Waals surface area contributed by atoms with Crippen molar-refractivity contribution in [3.8, 4) is 0 Å². The van der Waals surface area contributed by atoms with Crippen LogP contribution in [0.15, 0.2) is 48.8 Å². The first-order valence-electron chi connectivity index (χ1n) is 6.24. The molecule has 0 amide bonds. The minimum absolute atomic E-state index is 0.0881. The second kappa shape index (κ2) is 6.66. The van der Waals surface area contributed by atoms with Crippen molar-refractivity contribution in [3.63, 3.8) is 0 Å². The van der Waals surface area contributed by atoms with Gasteiger partial charge in [0.15, 0.2) is 0 Å². The predicted molar refractivity (Wildman–Crippen MR) is 77.1 cm³/mol. The molecule has 0 aliphatic carbocycles. The second-order valence-electron chi connectivity index (χ2n) is 4.45. The maximum Gasteiger partial charge on any atom is 0.0915 e. The molecule has 2 N–H and O–H groups in total. The van der Waals surface area contributed by atoms with Crippen molar-refractivity contribution in [2.45, 2.75) is 19.1 Å². The van der Waals surface area contributed by atoms with Gasteiger partial charge in [-0.3, -0.25) is 4.98 Å². The van der Waals surface area contributed by atoms with Crippen LogP contribution >= 0.6 is 11.6 Å². The molecular formula is C15H17ClN2O. The van der Waals surface area contributed by atoms with E-state index < -0.39 is 6.10 Å². The van der Waals surface area contributed by atoms with Crippen LogP contribution in [0.4, 0.5) is 0 Å². The van der Waals surface area contributed by atoms with E-state index in [1.807, 2.05) is 43.3 Å². The number of nitrogens with zero attached hydrogens (tertiary/aromatic N) is 1. The Morgan fingerprint density at radius 3 is 2.58 bits per heavy atom.